The van der Waals surface area contributed by atoms with E-state index in [-0.39, 0.29) is 0 Å². The van der Waals surface area contributed by atoms with Crippen LogP contribution in [-0.2, 0) is 11.3 Å². The minimum Gasteiger partial charge on any atom is -0.462 e. The largest absolute Gasteiger partial charge is 0.462 e. The highest BCUT2D eigenvalue weighted by atomic mass is 16.5. The van der Waals surface area contributed by atoms with Crippen molar-refractivity contribution in [2.24, 2.45) is 5.92 Å². The van der Waals surface area contributed by atoms with E-state index >= 15 is 0 Å². The molecule has 3 nitrogen and oxygen atoms in total. The third kappa shape index (κ3) is 2.66. The molecule has 1 saturated carbocycles. The van der Waals surface area contributed by atoms with Crippen molar-refractivity contribution in [3.8, 4) is 0 Å². The quantitative estimate of drug-likeness (QED) is 0.805. The Morgan fingerprint density at radius 1 is 1.50 bits per heavy atom. The van der Waals surface area contributed by atoms with Gasteiger partial charge in [0.15, 0.2) is 0 Å². The molecule has 16 heavy (non-hydrogen) atoms. The summed E-state index contributed by atoms with van der Waals surface area (Å²) in [6.45, 7) is 0.555. The van der Waals surface area contributed by atoms with E-state index in [9.17, 15) is 0 Å². The number of rotatable bonds is 6. The van der Waals surface area contributed by atoms with Gasteiger partial charge in [-0.1, -0.05) is 19.3 Å². The van der Waals surface area contributed by atoms with Crippen molar-refractivity contribution in [3.63, 3.8) is 0 Å². The molecule has 1 aromatic rings. The van der Waals surface area contributed by atoms with Gasteiger partial charge in [0.1, 0.15) is 18.1 Å². The van der Waals surface area contributed by atoms with Gasteiger partial charge < -0.3 is 14.5 Å². The van der Waals surface area contributed by atoms with Crippen molar-refractivity contribution >= 4 is 0 Å². The first-order valence-corrected chi connectivity index (χ1v) is 6.08. The van der Waals surface area contributed by atoms with Crippen molar-refractivity contribution in [1.82, 2.24) is 5.32 Å². The van der Waals surface area contributed by atoms with Gasteiger partial charge in [0.05, 0.1) is 6.04 Å². The lowest BCUT2D eigenvalue weighted by Gasteiger charge is -2.28. The van der Waals surface area contributed by atoms with Gasteiger partial charge in [-0.25, -0.2) is 0 Å². The number of furan rings is 1. The fraction of sp³-hybridized carbons (Fsp3) is 0.692. The zero-order valence-corrected chi connectivity index (χ0v) is 10.2. The van der Waals surface area contributed by atoms with Crippen molar-refractivity contribution < 1.29 is 9.15 Å². The summed E-state index contributed by atoms with van der Waals surface area (Å²) in [5.41, 5.74) is 0. The van der Waals surface area contributed by atoms with Crippen molar-refractivity contribution in [3.05, 3.63) is 23.7 Å². The Morgan fingerprint density at radius 2 is 2.31 bits per heavy atom. The zero-order valence-electron chi connectivity index (χ0n) is 10.2. The molecule has 1 heterocycles. The lowest BCUT2D eigenvalue weighted by atomic mass is 9.80. The summed E-state index contributed by atoms with van der Waals surface area (Å²) in [7, 11) is 3.69. The van der Waals surface area contributed by atoms with Crippen LogP contribution in [0.1, 0.15) is 43.2 Å². The highest BCUT2D eigenvalue weighted by molar-refractivity contribution is 5.10. The molecule has 1 aromatic heterocycles. The van der Waals surface area contributed by atoms with Crippen LogP contribution in [0, 0.1) is 5.92 Å². The average Bonchev–Trinajstić information content (AvgIpc) is 2.66. The van der Waals surface area contributed by atoms with E-state index in [2.05, 4.69) is 11.4 Å². The van der Waals surface area contributed by atoms with E-state index in [0.717, 1.165) is 17.4 Å². The second-order valence-electron chi connectivity index (χ2n) is 4.61. The molecule has 1 atom stereocenters. The molecular formula is C13H21NO2. The molecule has 0 bridgehead atoms. The Kier molecular flexibility index (Phi) is 4.02. The van der Waals surface area contributed by atoms with Gasteiger partial charge in [-0.05, 0) is 31.5 Å². The molecule has 1 N–H and O–H groups in total. The van der Waals surface area contributed by atoms with Crippen molar-refractivity contribution in [2.45, 2.75) is 38.3 Å². The Balaban J connectivity index is 1.95. The Labute approximate surface area is 97.2 Å². The monoisotopic (exact) mass is 223 g/mol. The molecular weight excluding hydrogens is 202 g/mol. The topological polar surface area (TPSA) is 34.4 Å². The molecule has 0 aliphatic heterocycles. The van der Waals surface area contributed by atoms with E-state index in [1.807, 2.05) is 13.1 Å². The predicted octanol–water partition coefficient (Wildman–Crippen LogP) is 2.88. The zero-order chi connectivity index (χ0) is 11.4. The van der Waals surface area contributed by atoms with Gasteiger partial charge in [-0.3, -0.25) is 0 Å². The number of ether oxygens (including phenoxy) is 1. The molecule has 90 valence electrons. The first kappa shape index (κ1) is 11.7. The molecule has 1 aliphatic rings. The molecule has 0 aromatic carbocycles. The summed E-state index contributed by atoms with van der Waals surface area (Å²) < 4.78 is 10.8. The standard InChI is InChI=1S/C13H21NO2/c1-14-12(8-10-4-3-5-10)13-7-6-11(16-13)9-15-2/h6-7,10,12,14H,3-5,8-9H2,1-2H3. The van der Waals surface area contributed by atoms with Gasteiger partial charge in [-0.15, -0.1) is 0 Å². The van der Waals surface area contributed by atoms with E-state index < -0.39 is 0 Å². The van der Waals surface area contributed by atoms with E-state index in [4.69, 9.17) is 9.15 Å². The summed E-state index contributed by atoms with van der Waals surface area (Å²) in [5.74, 6) is 2.83. The number of methoxy groups -OCH3 is 1. The highest BCUT2D eigenvalue weighted by Gasteiger charge is 2.23. The molecule has 1 unspecified atom stereocenters. The Bertz CT molecular complexity index is 317. The molecule has 0 saturated heterocycles. The lowest BCUT2D eigenvalue weighted by Crippen LogP contribution is -2.22. The Hall–Kier alpha value is -0.800. The first-order chi connectivity index (χ1) is 7.83. The fourth-order valence-electron chi connectivity index (χ4n) is 2.24. The minimum atomic E-state index is 0.357. The van der Waals surface area contributed by atoms with Crippen LogP contribution in [-0.4, -0.2) is 14.2 Å². The average molecular weight is 223 g/mol. The fourth-order valence-corrected chi connectivity index (χ4v) is 2.24. The van der Waals surface area contributed by atoms with Crippen LogP contribution in [0.5, 0.6) is 0 Å². The van der Waals surface area contributed by atoms with E-state index in [1.165, 1.54) is 25.7 Å². The number of nitrogens with one attached hydrogen (secondary N) is 1. The van der Waals surface area contributed by atoms with Gasteiger partial charge >= 0.3 is 0 Å². The second-order valence-corrected chi connectivity index (χ2v) is 4.61. The third-order valence-corrected chi connectivity index (χ3v) is 3.45. The summed E-state index contributed by atoms with van der Waals surface area (Å²) in [6, 6.07) is 4.42. The smallest absolute Gasteiger partial charge is 0.129 e. The van der Waals surface area contributed by atoms with Crippen LogP contribution in [0.25, 0.3) is 0 Å². The molecule has 3 heteroatoms. The van der Waals surface area contributed by atoms with Crippen LogP contribution >= 0.6 is 0 Å². The van der Waals surface area contributed by atoms with Crippen LogP contribution < -0.4 is 5.32 Å². The summed E-state index contributed by atoms with van der Waals surface area (Å²) in [5, 5.41) is 3.34. The first-order valence-electron chi connectivity index (χ1n) is 6.08. The highest BCUT2D eigenvalue weighted by Crippen LogP contribution is 2.35. The van der Waals surface area contributed by atoms with E-state index in [1.54, 1.807) is 7.11 Å². The molecule has 0 radical (unpaired) electrons. The molecule has 0 amide bonds. The van der Waals surface area contributed by atoms with Crippen molar-refractivity contribution in [2.75, 3.05) is 14.2 Å². The van der Waals surface area contributed by atoms with Crippen LogP contribution in [0.15, 0.2) is 16.5 Å². The van der Waals surface area contributed by atoms with Gasteiger partial charge in [0.2, 0.25) is 0 Å². The second kappa shape index (κ2) is 5.51. The maximum absolute atomic E-state index is 5.76. The summed E-state index contributed by atoms with van der Waals surface area (Å²) in [4.78, 5) is 0. The van der Waals surface area contributed by atoms with Crippen LogP contribution in [0.3, 0.4) is 0 Å². The molecule has 1 aliphatic carbocycles. The maximum atomic E-state index is 5.76. The van der Waals surface area contributed by atoms with Crippen molar-refractivity contribution in [1.29, 1.82) is 0 Å². The van der Waals surface area contributed by atoms with Crippen LogP contribution in [0.2, 0.25) is 0 Å². The van der Waals surface area contributed by atoms with E-state index in [0.29, 0.717) is 12.6 Å². The summed E-state index contributed by atoms with van der Waals surface area (Å²) >= 11 is 0. The molecule has 0 spiro atoms. The third-order valence-electron chi connectivity index (χ3n) is 3.45. The van der Waals surface area contributed by atoms with Gasteiger partial charge in [0.25, 0.3) is 0 Å². The number of hydrogen-bond acceptors (Lipinski definition) is 3. The lowest BCUT2D eigenvalue weighted by molar-refractivity contribution is 0.160. The normalized spacial score (nSPS) is 18.4. The molecule has 1 fully saturated rings. The predicted molar refractivity (Wildman–Crippen MR) is 63.2 cm³/mol. The SMILES string of the molecule is CNC(CC1CCC1)c1ccc(COC)o1. The summed E-state index contributed by atoms with van der Waals surface area (Å²) in [6.07, 6.45) is 5.35. The Morgan fingerprint density at radius 3 is 2.88 bits per heavy atom. The number of hydrogen-bond donors (Lipinski definition) is 1. The maximum Gasteiger partial charge on any atom is 0.129 e. The van der Waals surface area contributed by atoms with Gasteiger partial charge in [0, 0.05) is 7.11 Å². The minimum absolute atomic E-state index is 0.357. The van der Waals surface area contributed by atoms with Crippen LogP contribution in [0.4, 0.5) is 0 Å². The molecule has 2 rings (SSSR count). The van der Waals surface area contributed by atoms with Gasteiger partial charge in [-0.2, -0.15) is 0 Å².